The summed E-state index contributed by atoms with van der Waals surface area (Å²) in [5, 5.41) is 14.9. The molecule has 0 aliphatic rings. The van der Waals surface area contributed by atoms with E-state index in [1.54, 1.807) is 14.0 Å². The van der Waals surface area contributed by atoms with Crippen LogP contribution in [0.15, 0.2) is 17.3 Å². The molecule has 21 heavy (non-hydrogen) atoms. The van der Waals surface area contributed by atoms with Gasteiger partial charge in [0.15, 0.2) is 0 Å². The van der Waals surface area contributed by atoms with Crippen LogP contribution in [0.5, 0.6) is 0 Å². The Bertz CT molecular complexity index is 610. The van der Waals surface area contributed by atoms with Crippen LogP contribution < -0.4 is 10.0 Å². The van der Waals surface area contributed by atoms with Crippen molar-refractivity contribution in [3.63, 3.8) is 0 Å². The van der Waals surface area contributed by atoms with E-state index in [1.165, 1.54) is 10.9 Å². The maximum absolute atomic E-state index is 11.8. The van der Waals surface area contributed by atoms with E-state index in [0.717, 1.165) is 6.20 Å². The summed E-state index contributed by atoms with van der Waals surface area (Å²) in [6, 6.07) is -1.02. The number of amides is 1. The Kier molecular flexibility index (Phi) is 5.85. The van der Waals surface area contributed by atoms with Crippen molar-refractivity contribution >= 4 is 21.9 Å². The highest BCUT2D eigenvalue weighted by molar-refractivity contribution is 7.89. The van der Waals surface area contributed by atoms with Gasteiger partial charge in [0.25, 0.3) is 0 Å². The predicted octanol–water partition coefficient (Wildman–Crippen LogP) is -0.932. The van der Waals surface area contributed by atoms with Crippen LogP contribution in [-0.2, 0) is 26.7 Å². The molecule has 1 heterocycles. The summed E-state index contributed by atoms with van der Waals surface area (Å²) < 4.78 is 27.1. The van der Waals surface area contributed by atoms with Crippen molar-refractivity contribution in [2.75, 3.05) is 6.54 Å². The largest absolute Gasteiger partial charge is 0.480 e. The van der Waals surface area contributed by atoms with Gasteiger partial charge >= 0.3 is 5.97 Å². The minimum absolute atomic E-state index is 0.0684. The minimum atomic E-state index is -3.84. The van der Waals surface area contributed by atoms with E-state index in [0.29, 0.717) is 6.42 Å². The molecule has 1 aromatic heterocycles. The lowest BCUT2D eigenvalue weighted by molar-refractivity contribution is -0.141. The molecule has 9 nitrogen and oxygen atoms in total. The number of aromatic nitrogens is 2. The quantitative estimate of drug-likeness (QED) is 0.567. The van der Waals surface area contributed by atoms with Crippen molar-refractivity contribution < 1.29 is 23.1 Å². The van der Waals surface area contributed by atoms with E-state index in [2.05, 4.69) is 15.1 Å². The zero-order valence-electron chi connectivity index (χ0n) is 11.7. The summed E-state index contributed by atoms with van der Waals surface area (Å²) in [6.07, 6.45) is 3.30. The highest BCUT2D eigenvalue weighted by Gasteiger charge is 2.21. The number of nitrogens with one attached hydrogen (secondary N) is 2. The van der Waals surface area contributed by atoms with Gasteiger partial charge in [-0.25, -0.2) is 17.9 Å². The molecule has 1 aromatic rings. The molecule has 0 fully saturated rings. The fraction of sp³-hybridized carbons (Fsp3) is 0.545. The highest BCUT2D eigenvalue weighted by atomic mass is 32.2. The number of aliphatic carboxylic acids is 1. The fourth-order valence-corrected chi connectivity index (χ4v) is 2.54. The lowest BCUT2D eigenvalue weighted by Crippen LogP contribution is -2.45. The minimum Gasteiger partial charge on any atom is -0.480 e. The van der Waals surface area contributed by atoms with Gasteiger partial charge in [-0.15, -0.1) is 0 Å². The number of sulfonamides is 1. The fourth-order valence-electron chi connectivity index (χ4n) is 1.57. The molecule has 1 rings (SSSR count). The molecule has 0 saturated carbocycles. The second kappa shape index (κ2) is 7.18. The number of hydrogen-bond acceptors (Lipinski definition) is 5. The van der Waals surface area contributed by atoms with Crippen LogP contribution in [0.4, 0.5) is 0 Å². The van der Waals surface area contributed by atoms with E-state index in [4.69, 9.17) is 5.11 Å². The van der Waals surface area contributed by atoms with E-state index in [-0.39, 0.29) is 11.3 Å². The maximum Gasteiger partial charge on any atom is 0.326 e. The summed E-state index contributed by atoms with van der Waals surface area (Å²) >= 11 is 0. The molecule has 0 bridgehead atoms. The van der Waals surface area contributed by atoms with E-state index < -0.39 is 34.5 Å². The Labute approximate surface area is 122 Å². The molecule has 1 unspecified atom stereocenters. The Hall–Kier alpha value is -1.94. The van der Waals surface area contributed by atoms with E-state index in [1.807, 2.05) is 0 Å². The number of carbonyl (C=O) groups is 2. The average Bonchev–Trinajstić information content (AvgIpc) is 2.83. The van der Waals surface area contributed by atoms with Crippen LogP contribution in [0.1, 0.15) is 19.8 Å². The Morgan fingerprint density at radius 2 is 2.14 bits per heavy atom. The van der Waals surface area contributed by atoms with Crippen LogP contribution in [0.2, 0.25) is 0 Å². The Morgan fingerprint density at radius 1 is 1.48 bits per heavy atom. The number of carboxylic acids is 1. The van der Waals surface area contributed by atoms with E-state index in [9.17, 15) is 18.0 Å². The van der Waals surface area contributed by atoms with Gasteiger partial charge in [0.2, 0.25) is 15.9 Å². The average molecular weight is 318 g/mol. The van der Waals surface area contributed by atoms with Crippen molar-refractivity contribution in [3.8, 4) is 0 Å². The first-order valence-electron chi connectivity index (χ1n) is 6.26. The highest BCUT2D eigenvalue weighted by Crippen LogP contribution is 2.05. The zero-order valence-corrected chi connectivity index (χ0v) is 12.6. The van der Waals surface area contributed by atoms with Crippen LogP contribution in [0.3, 0.4) is 0 Å². The number of aryl methyl sites for hydroxylation is 1. The van der Waals surface area contributed by atoms with Crippen LogP contribution in [-0.4, -0.2) is 47.8 Å². The number of hydrogen-bond donors (Lipinski definition) is 3. The molecular formula is C11H18N4O5S. The van der Waals surface area contributed by atoms with Crippen molar-refractivity contribution in [1.82, 2.24) is 19.8 Å². The normalized spacial score (nSPS) is 12.9. The Balaban J connectivity index is 2.58. The van der Waals surface area contributed by atoms with Gasteiger partial charge < -0.3 is 10.4 Å². The summed E-state index contributed by atoms with van der Waals surface area (Å²) in [5.41, 5.74) is 0. The van der Waals surface area contributed by atoms with Crippen LogP contribution in [0.25, 0.3) is 0 Å². The third kappa shape index (κ3) is 5.16. The van der Waals surface area contributed by atoms with Gasteiger partial charge in [-0.3, -0.25) is 9.48 Å². The number of carboxylic acid groups (broad SMARTS) is 1. The number of nitrogens with zero attached hydrogens (tertiary/aromatic N) is 2. The molecule has 0 saturated heterocycles. The van der Waals surface area contributed by atoms with Crippen LogP contribution in [0, 0.1) is 0 Å². The number of rotatable bonds is 8. The lowest BCUT2D eigenvalue weighted by atomic mass is 10.2. The first-order chi connectivity index (χ1) is 9.76. The second-order valence-corrected chi connectivity index (χ2v) is 6.19. The molecule has 0 aliphatic carbocycles. The molecule has 0 spiro atoms. The van der Waals surface area contributed by atoms with Gasteiger partial charge in [-0.05, 0) is 6.42 Å². The molecular weight excluding hydrogens is 300 g/mol. The summed E-state index contributed by atoms with van der Waals surface area (Å²) in [7, 11) is -2.28. The van der Waals surface area contributed by atoms with Crippen LogP contribution >= 0.6 is 0 Å². The summed E-state index contributed by atoms with van der Waals surface area (Å²) in [6.45, 7) is 1.25. The third-order valence-corrected chi connectivity index (χ3v) is 3.98. The maximum atomic E-state index is 11.8. The second-order valence-electron chi connectivity index (χ2n) is 4.42. The first-order valence-corrected chi connectivity index (χ1v) is 7.75. The third-order valence-electron chi connectivity index (χ3n) is 2.62. The topological polar surface area (TPSA) is 130 Å². The first kappa shape index (κ1) is 17.1. The molecule has 1 atom stereocenters. The molecule has 0 radical (unpaired) electrons. The van der Waals surface area contributed by atoms with Gasteiger partial charge in [0.1, 0.15) is 10.9 Å². The van der Waals surface area contributed by atoms with Crippen molar-refractivity contribution in [3.05, 3.63) is 12.4 Å². The summed E-state index contributed by atoms with van der Waals surface area (Å²) in [4.78, 5) is 22.4. The molecule has 0 aliphatic heterocycles. The SMILES string of the molecule is CCCC(NC(=O)CNS(=O)(=O)c1cnn(C)c1)C(=O)O. The molecule has 10 heteroatoms. The van der Waals surface area contributed by atoms with Gasteiger partial charge in [-0.2, -0.15) is 5.10 Å². The lowest BCUT2D eigenvalue weighted by Gasteiger charge is -2.13. The Morgan fingerprint density at radius 3 is 2.62 bits per heavy atom. The van der Waals surface area contributed by atoms with Gasteiger partial charge in [0, 0.05) is 13.2 Å². The monoisotopic (exact) mass is 318 g/mol. The molecule has 1 amide bonds. The van der Waals surface area contributed by atoms with Gasteiger partial charge in [0.05, 0.1) is 12.7 Å². The van der Waals surface area contributed by atoms with Crippen molar-refractivity contribution in [2.24, 2.45) is 7.05 Å². The molecule has 0 aromatic carbocycles. The smallest absolute Gasteiger partial charge is 0.326 e. The predicted molar refractivity (Wildman–Crippen MR) is 72.9 cm³/mol. The molecule has 3 N–H and O–H groups in total. The summed E-state index contributed by atoms with van der Waals surface area (Å²) in [5.74, 6) is -1.86. The van der Waals surface area contributed by atoms with Crippen molar-refractivity contribution in [1.29, 1.82) is 0 Å². The number of carbonyl (C=O) groups excluding carboxylic acids is 1. The van der Waals surface area contributed by atoms with Crippen molar-refractivity contribution in [2.45, 2.75) is 30.7 Å². The van der Waals surface area contributed by atoms with E-state index >= 15 is 0 Å². The standard InChI is InChI=1S/C11H18N4O5S/c1-3-4-9(11(17)18)14-10(16)6-13-21(19,20)8-5-12-15(2)7-8/h5,7,9,13H,3-4,6H2,1-2H3,(H,14,16)(H,17,18). The zero-order chi connectivity index (χ0) is 16.0. The molecule has 118 valence electrons. The van der Waals surface area contributed by atoms with Gasteiger partial charge in [-0.1, -0.05) is 13.3 Å².